The van der Waals surface area contributed by atoms with Crippen LogP contribution in [-0.2, 0) is 0 Å². The highest BCUT2D eigenvalue weighted by atomic mass is 79.9. The molecule has 1 aromatic carbocycles. The molecule has 3 nitrogen and oxygen atoms in total. The smallest absolute Gasteiger partial charge is 0.179 e. The van der Waals surface area contributed by atoms with Crippen molar-refractivity contribution in [2.24, 2.45) is 0 Å². The van der Waals surface area contributed by atoms with Gasteiger partial charge < -0.3 is 10.1 Å². The third-order valence-corrected chi connectivity index (χ3v) is 3.17. The van der Waals surface area contributed by atoms with Gasteiger partial charge in [-0.15, -0.1) is 0 Å². The number of ketones is 1. The van der Waals surface area contributed by atoms with Gasteiger partial charge in [-0.25, -0.2) is 4.39 Å². The van der Waals surface area contributed by atoms with E-state index in [0.717, 1.165) is 5.56 Å². The van der Waals surface area contributed by atoms with Crippen molar-refractivity contribution in [3.05, 3.63) is 27.5 Å². The van der Waals surface area contributed by atoms with Crippen LogP contribution in [0.4, 0.5) is 4.39 Å². The van der Waals surface area contributed by atoms with Gasteiger partial charge >= 0.3 is 0 Å². The summed E-state index contributed by atoms with van der Waals surface area (Å²) in [6.07, 6.45) is 0. The zero-order chi connectivity index (χ0) is 12.3. The Bertz CT molecular complexity index is 421. The Hall–Kier alpha value is -0.940. The number of likely N-dealkylation sites (N-methyl/N-ethyl adjacent to an activating group) is 1. The number of rotatable bonds is 4. The van der Waals surface area contributed by atoms with Crippen molar-refractivity contribution < 1.29 is 13.9 Å². The van der Waals surface area contributed by atoms with Crippen LogP contribution >= 0.6 is 15.9 Å². The fourth-order valence-electron chi connectivity index (χ4n) is 1.38. The maximum atomic E-state index is 13.9. The van der Waals surface area contributed by atoms with Gasteiger partial charge in [0.05, 0.1) is 23.7 Å². The summed E-state index contributed by atoms with van der Waals surface area (Å²) >= 11 is 3.22. The zero-order valence-electron chi connectivity index (χ0n) is 9.36. The van der Waals surface area contributed by atoms with Gasteiger partial charge in [0.25, 0.3) is 0 Å². The number of Topliss-reactive ketones (excluding diaryl/α,β-unsaturated/α-hetero) is 1. The fraction of sp³-hybridized carbons (Fsp3) is 0.364. The Morgan fingerprint density at radius 2 is 2.25 bits per heavy atom. The number of halogens is 2. The second-order valence-corrected chi connectivity index (χ2v) is 4.15. The molecule has 0 saturated carbocycles. The molecule has 0 heterocycles. The van der Waals surface area contributed by atoms with E-state index in [9.17, 15) is 9.18 Å². The Balaban J connectivity index is 3.31. The Labute approximate surface area is 102 Å². The molecule has 0 aliphatic carbocycles. The summed E-state index contributed by atoms with van der Waals surface area (Å²) in [6, 6.07) is 1.52. The lowest BCUT2D eigenvalue weighted by Gasteiger charge is -2.11. The predicted octanol–water partition coefficient (Wildman–Crippen LogP) is 2.31. The normalized spacial score (nSPS) is 10.3. The Kier molecular flexibility index (Phi) is 4.44. The van der Waals surface area contributed by atoms with Crippen molar-refractivity contribution in [1.82, 2.24) is 5.32 Å². The first-order chi connectivity index (χ1) is 7.52. The van der Waals surface area contributed by atoms with Crippen molar-refractivity contribution in [3.63, 3.8) is 0 Å². The number of hydrogen-bond acceptors (Lipinski definition) is 3. The first-order valence-corrected chi connectivity index (χ1v) is 5.52. The van der Waals surface area contributed by atoms with E-state index >= 15 is 0 Å². The molecule has 0 atom stereocenters. The van der Waals surface area contributed by atoms with Gasteiger partial charge in [-0.2, -0.15) is 0 Å². The number of carbonyl (C=O) groups excluding carboxylic acids is 1. The van der Waals surface area contributed by atoms with Crippen molar-refractivity contribution >= 4 is 21.7 Å². The lowest BCUT2D eigenvalue weighted by atomic mass is 10.1. The van der Waals surface area contributed by atoms with Crippen LogP contribution in [0.25, 0.3) is 0 Å². The van der Waals surface area contributed by atoms with E-state index in [-0.39, 0.29) is 23.6 Å². The van der Waals surface area contributed by atoms with Gasteiger partial charge in [-0.1, -0.05) is 0 Å². The number of hydrogen-bond donors (Lipinski definition) is 1. The molecule has 0 radical (unpaired) electrons. The third-order valence-electron chi connectivity index (χ3n) is 2.18. The molecule has 0 aliphatic heterocycles. The molecule has 5 heteroatoms. The summed E-state index contributed by atoms with van der Waals surface area (Å²) in [4.78, 5) is 11.6. The molecule has 88 valence electrons. The molecule has 0 unspecified atom stereocenters. The molecular weight excluding hydrogens is 277 g/mol. The molecular formula is C11H13BrFNO2. The van der Waals surface area contributed by atoms with E-state index in [4.69, 9.17) is 4.74 Å². The number of benzene rings is 1. The Morgan fingerprint density at radius 3 is 2.75 bits per heavy atom. The highest BCUT2D eigenvalue weighted by Crippen LogP contribution is 2.33. The predicted molar refractivity (Wildman–Crippen MR) is 63.6 cm³/mol. The van der Waals surface area contributed by atoms with Crippen molar-refractivity contribution in [1.29, 1.82) is 0 Å². The van der Waals surface area contributed by atoms with Gasteiger partial charge in [0, 0.05) is 0 Å². The molecule has 0 aliphatic rings. The molecule has 0 amide bonds. The number of ether oxygens (including phenoxy) is 1. The monoisotopic (exact) mass is 289 g/mol. The first kappa shape index (κ1) is 13.1. The molecule has 1 aromatic rings. The van der Waals surface area contributed by atoms with E-state index in [1.807, 2.05) is 0 Å². The van der Waals surface area contributed by atoms with Crippen LogP contribution in [0.2, 0.25) is 0 Å². The van der Waals surface area contributed by atoms with Crippen molar-refractivity contribution in [2.45, 2.75) is 6.92 Å². The summed E-state index contributed by atoms with van der Waals surface area (Å²) in [5.41, 5.74) is 0.810. The van der Waals surface area contributed by atoms with Crippen LogP contribution in [0, 0.1) is 12.7 Å². The van der Waals surface area contributed by atoms with Crippen LogP contribution in [0.5, 0.6) is 5.75 Å². The van der Waals surface area contributed by atoms with Gasteiger partial charge in [0.1, 0.15) is 0 Å². The molecule has 0 aromatic heterocycles. The van der Waals surface area contributed by atoms with E-state index in [1.54, 1.807) is 14.0 Å². The average Bonchev–Trinajstić information content (AvgIpc) is 2.24. The first-order valence-electron chi connectivity index (χ1n) is 4.73. The molecule has 1 rings (SSSR count). The lowest BCUT2D eigenvalue weighted by Crippen LogP contribution is -2.20. The average molecular weight is 290 g/mol. The Morgan fingerprint density at radius 1 is 1.62 bits per heavy atom. The van der Waals surface area contributed by atoms with Crippen LogP contribution < -0.4 is 10.1 Å². The number of carbonyl (C=O) groups is 1. The quantitative estimate of drug-likeness (QED) is 0.865. The van der Waals surface area contributed by atoms with Crippen LogP contribution in [0.1, 0.15) is 15.9 Å². The molecule has 0 saturated heterocycles. The lowest BCUT2D eigenvalue weighted by molar-refractivity contribution is 0.0989. The molecule has 16 heavy (non-hydrogen) atoms. The topological polar surface area (TPSA) is 38.3 Å². The van der Waals surface area contributed by atoms with E-state index in [2.05, 4.69) is 21.2 Å². The zero-order valence-corrected chi connectivity index (χ0v) is 10.9. The number of nitrogens with one attached hydrogen (secondary N) is 1. The van der Waals surface area contributed by atoms with E-state index in [1.165, 1.54) is 13.2 Å². The summed E-state index contributed by atoms with van der Waals surface area (Å²) < 4.78 is 19.4. The minimum Gasteiger partial charge on any atom is -0.492 e. The highest BCUT2D eigenvalue weighted by Gasteiger charge is 2.19. The van der Waals surface area contributed by atoms with Gasteiger partial charge in [-0.05, 0) is 41.5 Å². The second-order valence-electron chi connectivity index (χ2n) is 3.36. The van der Waals surface area contributed by atoms with Crippen LogP contribution in [0.3, 0.4) is 0 Å². The molecule has 0 spiro atoms. The largest absolute Gasteiger partial charge is 0.492 e. The minimum absolute atomic E-state index is 0.0481. The standard InChI is InChI=1S/C11H13BrFNO2/c1-6-4-7(8(15)5-14-2)10(13)11(16-3)9(6)12/h4,14H,5H2,1-3H3. The van der Waals surface area contributed by atoms with Gasteiger partial charge in [0.15, 0.2) is 17.3 Å². The third kappa shape index (κ3) is 2.41. The maximum Gasteiger partial charge on any atom is 0.179 e. The molecule has 0 fully saturated rings. The van der Waals surface area contributed by atoms with E-state index in [0.29, 0.717) is 4.47 Å². The van der Waals surface area contributed by atoms with Crippen molar-refractivity contribution in [3.8, 4) is 5.75 Å². The van der Waals surface area contributed by atoms with Gasteiger partial charge in [0.2, 0.25) is 0 Å². The summed E-state index contributed by atoms with van der Waals surface area (Å²) in [7, 11) is 3.01. The van der Waals surface area contributed by atoms with Crippen LogP contribution in [0.15, 0.2) is 10.5 Å². The van der Waals surface area contributed by atoms with Crippen molar-refractivity contribution in [2.75, 3.05) is 20.7 Å². The summed E-state index contributed by atoms with van der Waals surface area (Å²) in [6.45, 7) is 1.88. The summed E-state index contributed by atoms with van der Waals surface area (Å²) in [5, 5.41) is 2.70. The minimum atomic E-state index is -0.625. The SMILES string of the molecule is CNCC(=O)c1cc(C)c(Br)c(OC)c1F. The maximum absolute atomic E-state index is 13.9. The van der Waals surface area contributed by atoms with E-state index < -0.39 is 5.82 Å². The number of aryl methyl sites for hydroxylation is 1. The number of methoxy groups -OCH3 is 1. The molecule has 0 bridgehead atoms. The second kappa shape index (κ2) is 5.41. The summed E-state index contributed by atoms with van der Waals surface area (Å²) in [5.74, 6) is -0.853. The van der Waals surface area contributed by atoms with Gasteiger partial charge in [-0.3, -0.25) is 4.79 Å². The van der Waals surface area contributed by atoms with Crippen LogP contribution in [-0.4, -0.2) is 26.5 Å². The molecule has 1 N–H and O–H groups in total. The highest BCUT2D eigenvalue weighted by molar-refractivity contribution is 9.10. The fourth-order valence-corrected chi connectivity index (χ4v) is 1.83.